The Morgan fingerprint density at radius 3 is 2.63 bits per heavy atom. The van der Waals surface area contributed by atoms with E-state index in [0.29, 0.717) is 17.9 Å². The lowest BCUT2D eigenvalue weighted by molar-refractivity contribution is 0.0973. The van der Waals surface area contributed by atoms with Gasteiger partial charge in [0.25, 0.3) is 5.91 Å². The zero-order valence-electron chi connectivity index (χ0n) is 15.1. The summed E-state index contributed by atoms with van der Waals surface area (Å²) in [6.45, 7) is 2.75. The van der Waals surface area contributed by atoms with E-state index < -0.39 is 0 Å². The molecular formula is C20H22Br2N2O2S. The van der Waals surface area contributed by atoms with Crippen LogP contribution in [-0.4, -0.2) is 17.6 Å². The second-order valence-electron chi connectivity index (χ2n) is 5.94. The molecule has 7 heteroatoms. The van der Waals surface area contributed by atoms with Crippen LogP contribution in [0.25, 0.3) is 0 Å². The van der Waals surface area contributed by atoms with Crippen LogP contribution in [0.15, 0.2) is 51.4 Å². The smallest absolute Gasteiger partial charge is 0.261 e. The van der Waals surface area contributed by atoms with Crippen molar-refractivity contribution in [3.05, 3.63) is 57.0 Å². The van der Waals surface area contributed by atoms with Gasteiger partial charge in [-0.15, -0.1) is 0 Å². The summed E-state index contributed by atoms with van der Waals surface area (Å²) in [6.07, 6.45) is 4.45. The van der Waals surface area contributed by atoms with Gasteiger partial charge in [0.2, 0.25) is 0 Å². The van der Waals surface area contributed by atoms with Gasteiger partial charge in [-0.2, -0.15) is 0 Å². The number of para-hydroxylation sites is 1. The number of nitrogens with one attached hydrogen (secondary N) is 2. The van der Waals surface area contributed by atoms with Gasteiger partial charge in [0, 0.05) is 8.95 Å². The number of thiocarbonyl (C=S) groups is 1. The third-order valence-corrected chi connectivity index (χ3v) is 5.18. The number of unbranched alkanes of at least 4 members (excludes halogenated alkanes) is 3. The zero-order chi connectivity index (χ0) is 19.6. The lowest BCUT2D eigenvalue weighted by atomic mass is 10.2. The first-order chi connectivity index (χ1) is 13.0. The molecule has 0 saturated heterocycles. The number of ether oxygens (including phenoxy) is 1. The van der Waals surface area contributed by atoms with Crippen LogP contribution in [0, 0.1) is 0 Å². The van der Waals surface area contributed by atoms with Gasteiger partial charge in [-0.05, 0) is 64.9 Å². The molecule has 27 heavy (non-hydrogen) atoms. The topological polar surface area (TPSA) is 50.4 Å². The molecule has 144 valence electrons. The Labute approximate surface area is 182 Å². The molecule has 0 aliphatic carbocycles. The first-order valence-corrected chi connectivity index (χ1v) is 10.8. The lowest BCUT2D eigenvalue weighted by Gasteiger charge is -2.14. The first-order valence-electron chi connectivity index (χ1n) is 8.80. The molecule has 4 nitrogen and oxygen atoms in total. The van der Waals surface area contributed by atoms with E-state index in [-0.39, 0.29) is 11.0 Å². The molecule has 2 N–H and O–H groups in total. The number of halogens is 2. The van der Waals surface area contributed by atoms with Gasteiger partial charge < -0.3 is 10.1 Å². The highest BCUT2D eigenvalue weighted by Gasteiger charge is 2.15. The molecule has 2 aromatic carbocycles. The second kappa shape index (κ2) is 11.4. The van der Waals surface area contributed by atoms with Crippen molar-refractivity contribution in [1.82, 2.24) is 5.32 Å². The molecule has 0 radical (unpaired) electrons. The predicted molar refractivity (Wildman–Crippen MR) is 122 cm³/mol. The highest BCUT2D eigenvalue weighted by Crippen LogP contribution is 2.24. The molecule has 0 heterocycles. The summed E-state index contributed by atoms with van der Waals surface area (Å²) in [4.78, 5) is 12.7. The van der Waals surface area contributed by atoms with E-state index in [2.05, 4.69) is 49.4 Å². The maximum Gasteiger partial charge on any atom is 0.261 e. The number of rotatable bonds is 8. The van der Waals surface area contributed by atoms with Crippen molar-refractivity contribution < 1.29 is 9.53 Å². The van der Waals surface area contributed by atoms with Gasteiger partial charge in [0.1, 0.15) is 5.75 Å². The Kier molecular flexibility index (Phi) is 9.24. The molecule has 2 rings (SSSR count). The molecule has 0 aliphatic heterocycles. The summed E-state index contributed by atoms with van der Waals surface area (Å²) in [7, 11) is 0. The number of hydrogen-bond acceptors (Lipinski definition) is 3. The van der Waals surface area contributed by atoms with E-state index in [9.17, 15) is 4.79 Å². The van der Waals surface area contributed by atoms with Gasteiger partial charge in [-0.1, -0.05) is 54.2 Å². The van der Waals surface area contributed by atoms with E-state index in [1.165, 1.54) is 12.8 Å². The van der Waals surface area contributed by atoms with Gasteiger partial charge in [0.15, 0.2) is 5.11 Å². The average molecular weight is 514 g/mol. The summed E-state index contributed by atoms with van der Waals surface area (Å²) in [6, 6.07) is 12.9. The third-order valence-electron chi connectivity index (χ3n) is 3.79. The van der Waals surface area contributed by atoms with E-state index >= 15 is 0 Å². The Hall–Kier alpha value is -1.44. The molecular weight excluding hydrogens is 492 g/mol. The van der Waals surface area contributed by atoms with Crippen LogP contribution in [0.4, 0.5) is 5.69 Å². The fourth-order valence-electron chi connectivity index (χ4n) is 2.40. The summed E-state index contributed by atoms with van der Waals surface area (Å²) in [5, 5.41) is 5.94. The second-order valence-corrected chi connectivity index (χ2v) is 8.12. The van der Waals surface area contributed by atoms with Crippen molar-refractivity contribution in [2.75, 3.05) is 11.9 Å². The van der Waals surface area contributed by atoms with Crippen LogP contribution < -0.4 is 15.4 Å². The first kappa shape index (κ1) is 21.9. The number of carbonyl (C=O) groups is 1. The van der Waals surface area contributed by atoms with E-state index in [4.69, 9.17) is 17.0 Å². The van der Waals surface area contributed by atoms with Gasteiger partial charge in [-0.25, -0.2) is 0 Å². The Bertz CT molecular complexity index is 799. The molecule has 2 aromatic rings. The van der Waals surface area contributed by atoms with Crippen LogP contribution in [0.2, 0.25) is 0 Å². The number of anilines is 1. The maximum absolute atomic E-state index is 12.7. The SMILES string of the molecule is CCCCCCOc1ccc(Br)cc1C(=O)NC(=S)Nc1ccccc1Br. The minimum atomic E-state index is -0.315. The van der Waals surface area contributed by atoms with Crippen molar-refractivity contribution in [3.8, 4) is 5.75 Å². The maximum atomic E-state index is 12.7. The number of carbonyl (C=O) groups excluding carboxylic acids is 1. The van der Waals surface area contributed by atoms with Crippen LogP contribution in [-0.2, 0) is 0 Å². The highest BCUT2D eigenvalue weighted by atomic mass is 79.9. The van der Waals surface area contributed by atoms with Crippen LogP contribution in [0.3, 0.4) is 0 Å². The fourth-order valence-corrected chi connectivity index (χ4v) is 3.35. The van der Waals surface area contributed by atoms with Crippen molar-refractivity contribution in [2.45, 2.75) is 32.6 Å². The Morgan fingerprint density at radius 1 is 1.11 bits per heavy atom. The Balaban J connectivity index is 2.00. The monoisotopic (exact) mass is 512 g/mol. The lowest BCUT2D eigenvalue weighted by Crippen LogP contribution is -2.34. The summed E-state index contributed by atoms with van der Waals surface area (Å²) < 4.78 is 7.49. The fraction of sp³-hybridized carbons (Fsp3) is 0.300. The number of amides is 1. The molecule has 0 bridgehead atoms. The molecule has 0 spiro atoms. The van der Waals surface area contributed by atoms with Crippen molar-refractivity contribution in [2.24, 2.45) is 0 Å². The van der Waals surface area contributed by atoms with Crippen LogP contribution in [0.5, 0.6) is 5.75 Å². The zero-order valence-corrected chi connectivity index (χ0v) is 19.0. The standard InChI is InChI=1S/C20H22Br2N2O2S/c1-2-3-4-7-12-26-18-11-10-14(21)13-15(18)19(25)24-20(27)23-17-9-6-5-8-16(17)22/h5-6,8-11,13H,2-4,7,12H2,1H3,(H2,23,24,25,27). The van der Waals surface area contributed by atoms with Crippen molar-refractivity contribution in [1.29, 1.82) is 0 Å². The molecule has 1 amide bonds. The molecule has 0 atom stereocenters. The van der Waals surface area contributed by atoms with Crippen molar-refractivity contribution in [3.63, 3.8) is 0 Å². The van der Waals surface area contributed by atoms with E-state index in [1.807, 2.05) is 30.3 Å². The van der Waals surface area contributed by atoms with Gasteiger partial charge >= 0.3 is 0 Å². The highest BCUT2D eigenvalue weighted by molar-refractivity contribution is 9.10. The molecule has 0 unspecified atom stereocenters. The molecule has 0 aliphatic rings. The number of hydrogen-bond donors (Lipinski definition) is 2. The summed E-state index contributed by atoms with van der Waals surface area (Å²) in [5.74, 6) is 0.236. The Morgan fingerprint density at radius 2 is 1.89 bits per heavy atom. The van der Waals surface area contributed by atoms with E-state index in [0.717, 1.165) is 27.5 Å². The molecule has 0 fully saturated rings. The normalized spacial score (nSPS) is 10.3. The minimum Gasteiger partial charge on any atom is -0.493 e. The van der Waals surface area contributed by atoms with Crippen LogP contribution in [0.1, 0.15) is 43.0 Å². The summed E-state index contributed by atoms with van der Waals surface area (Å²) >= 11 is 12.1. The quantitative estimate of drug-likeness (QED) is 0.321. The van der Waals surface area contributed by atoms with Crippen molar-refractivity contribution >= 4 is 60.8 Å². The van der Waals surface area contributed by atoms with Gasteiger partial charge in [-0.3, -0.25) is 10.1 Å². The van der Waals surface area contributed by atoms with E-state index in [1.54, 1.807) is 12.1 Å². The van der Waals surface area contributed by atoms with Crippen LogP contribution >= 0.6 is 44.1 Å². The molecule has 0 aromatic heterocycles. The minimum absolute atomic E-state index is 0.223. The predicted octanol–water partition coefficient (Wildman–Crippen LogP) is 6.30. The number of benzene rings is 2. The van der Waals surface area contributed by atoms with Gasteiger partial charge in [0.05, 0.1) is 17.9 Å². The average Bonchev–Trinajstić information content (AvgIpc) is 2.64. The molecule has 0 saturated carbocycles. The summed E-state index contributed by atoms with van der Waals surface area (Å²) in [5.41, 5.74) is 1.22. The largest absolute Gasteiger partial charge is 0.493 e. The third kappa shape index (κ3) is 7.24.